The van der Waals surface area contributed by atoms with Crippen LogP contribution < -0.4 is 0 Å². The van der Waals surface area contributed by atoms with Gasteiger partial charge in [0.1, 0.15) is 0 Å². The van der Waals surface area contributed by atoms with Gasteiger partial charge in [-0.1, -0.05) is 24.1 Å². The van der Waals surface area contributed by atoms with Crippen molar-refractivity contribution in [3.8, 4) is 0 Å². The summed E-state index contributed by atoms with van der Waals surface area (Å²) >= 11 is 0. The predicted octanol–water partition coefficient (Wildman–Crippen LogP) is 4.99. The van der Waals surface area contributed by atoms with Crippen LogP contribution in [0.2, 0.25) is 0 Å². The van der Waals surface area contributed by atoms with Crippen LogP contribution in [0.15, 0.2) is 22.8 Å². The van der Waals surface area contributed by atoms with Gasteiger partial charge in [0.2, 0.25) is 0 Å². The van der Waals surface area contributed by atoms with Crippen molar-refractivity contribution in [2.75, 3.05) is 0 Å². The lowest BCUT2D eigenvalue weighted by molar-refractivity contribution is -0.115. The summed E-state index contributed by atoms with van der Waals surface area (Å²) in [5, 5.41) is 0. The number of allylic oxidation sites excluding steroid dienone is 4. The fourth-order valence-electron chi connectivity index (χ4n) is 4.73. The molecule has 122 valence electrons. The Morgan fingerprint density at radius 2 is 2.05 bits per heavy atom. The van der Waals surface area contributed by atoms with Crippen LogP contribution in [0, 0.1) is 11.3 Å². The van der Waals surface area contributed by atoms with Crippen molar-refractivity contribution < 1.29 is 9.53 Å². The molecule has 0 N–H and O–H groups in total. The molecule has 4 unspecified atom stereocenters. The molecule has 2 aliphatic carbocycles. The Balaban J connectivity index is 1.95. The van der Waals surface area contributed by atoms with Crippen molar-refractivity contribution in [1.29, 1.82) is 0 Å². The molecule has 2 heteroatoms. The molecule has 0 aromatic rings. The summed E-state index contributed by atoms with van der Waals surface area (Å²) in [6.07, 6.45) is 8.92. The Kier molecular flexibility index (Phi) is 3.87. The number of carbonyl (C=O) groups excluding carboxylic acids is 1. The number of Topliss-reactive ketones (excluding diaryl/α,β-unsaturated/α-hetero) is 1. The van der Waals surface area contributed by atoms with Gasteiger partial charge >= 0.3 is 0 Å². The van der Waals surface area contributed by atoms with Crippen molar-refractivity contribution >= 4 is 5.78 Å². The molecule has 0 aromatic carbocycles. The molecule has 0 aromatic heterocycles. The molecule has 0 radical (unpaired) electrons. The highest BCUT2D eigenvalue weighted by molar-refractivity contribution is 5.99. The maximum absolute atomic E-state index is 12.6. The fourth-order valence-corrected chi connectivity index (χ4v) is 4.73. The van der Waals surface area contributed by atoms with Gasteiger partial charge in [0, 0.05) is 6.42 Å². The van der Waals surface area contributed by atoms with E-state index in [2.05, 4.69) is 40.7 Å². The van der Waals surface area contributed by atoms with Crippen molar-refractivity contribution in [1.82, 2.24) is 0 Å². The summed E-state index contributed by atoms with van der Waals surface area (Å²) in [4.78, 5) is 12.6. The smallest absolute Gasteiger partial charge is 0.159 e. The van der Waals surface area contributed by atoms with Gasteiger partial charge in [-0.05, 0) is 76.7 Å². The molecule has 1 saturated carbocycles. The summed E-state index contributed by atoms with van der Waals surface area (Å²) in [5.41, 5.74) is 3.94. The van der Waals surface area contributed by atoms with Gasteiger partial charge in [-0.3, -0.25) is 4.79 Å². The van der Waals surface area contributed by atoms with Crippen LogP contribution in [0.5, 0.6) is 0 Å². The van der Waals surface area contributed by atoms with Gasteiger partial charge in [-0.2, -0.15) is 0 Å². The monoisotopic (exact) mass is 302 g/mol. The van der Waals surface area contributed by atoms with E-state index in [0.717, 1.165) is 37.7 Å². The van der Waals surface area contributed by atoms with Gasteiger partial charge in [-0.15, -0.1) is 0 Å². The molecule has 3 aliphatic rings. The van der Waals surface area contributed by atoms with Gasteiger partial charge in [-0.25, -0.2) is 0 Å². The van der Waals surface area contributed by atoms with E-state index in [1.165, 1.54) is 11.1 Å². The zero-order valence-electron chi connectivity index (χ0n) is 14.8. The number of carbonyl (C=O) groups is 1. The quantitative estimate of drug-likeness (QED) is 0.358. The first-order chi connectivity index (χ1) is 10.3. The Bertz CT molecular complexity index is 552. The highest BCUT2D eigenvalue weighted by Gasteiger charge is 2.57. The third-order valence-electron chi connectivity index (χ3n) is 6.24. The summed E-state index contributed by atoms with van der Waals surface area (Å²) in [6.45, 7) is 11.0. The van der Waals surface area contributed by atoms with Gasteiger partial charge < -0.3 is 4.74 Å². The maximum Gasteiger partial charge on any atom is 0.159 e. The van der Waals surface area contributed by atoms with E-state index < -0.39 is 0 Å². The number of fused-ring (bicyclic) bond motifs is 2. The number of hydrogen-bond acceptors (Lipinski definition) is 2. The van der Waals surface area contributed by atoms with Crippen molar-refractivity contribution in [3.63, 3.8) is 0 Å². The minimum absolute atomic E-state index is 0.0471. The Morgan fingerprint density at radius 1 is 1.32 bits per heavy atom. The van der Waals surface area contributed by atoms with Crippen molar-refractivity contribution in [2.45, 2.75) is 84.8 Å². The van der Waals surface area contributed by atoms with Gasteiger partial charge in [0.25, 0.3) is 0 Å². The minimum atomic E-state index is 0.0471. The van der Waals surface area contributed by atoms with E-state index in [1.807, 2.05) is 0 Å². The van der Waals surface area contributed by atoms with Crippen LogP contribution in [-0.4, -0.2) is 17.5 Å². The largest absolute Gasteiger partial charge is 0.366 e. The van der Waals surface area contributed by atoms with Crippen LogP contribution in [-0.2, 0) is 9.53 Å². The minimum Gasteiger partial charge on any atom is -0.366 e. The fraction of sp³-hybridized carbons (Fsp3) is 0.750. The van der Waals surface area contributed by atoms with E-state index in [0.29, 0.717) is 24.2 Å². The van der Waals surface area contributed by atoms with Crippen molar-refractivity contribution in [3.05, 3.63) is 22.8 Å². The topological polar surface area (TPSA) is 29.6 Å². The van der Waals surface area contributed by atoms with E-state index in [-0.39, 0.29) is 11.0 Å². The highest BCUT2D eigenvalue weighted by Crippen LogP contribution is 2.56. The van der Waals surface area contributed by atoms with Gasteiger partial charge in [0.15, 0.2) is 5.78 Å². The molecule has 4 atom stereocenters. The average Bonchev–Trinajstić information content (AvgIpc) is 2.92. The Hall–Kier alpha value is -0.890. The van der Waals surface area contributed by atoms with Crippen LogP contribution in [0.4, 0.5) is 0 Å². The Morgan fingerprint density at radius 3 is 2.73 bits per heavy atom. The molecule has 0 bridgehead atoms. The van der Waals surface area contributed by atoms with Crippen molar-refractivity contribution in [2.24, 2.45) is 11.3 Å². The summed E-state index contributed by atoms with van der Waals surface area (Å²) in [6, 6.07) is 0. The van der Waals surface area contributed by atoms with Gasteiger partial charge in [0.05, 0.1) is 11.7 Å². The first kappa shape index (κ1) is 16.0. The van der Waals surface area contributed by atoms with E-state index in [9.17, 15) is 4.79 Å². The molecule has 0 amide bonds. The molecular formula is C20H30O2. The zero-order chi connectivity index (χ0) is 16.1. The predicted molar refractivity (Wildman–Crippen MR) is 89.7 cm³/mol. The highest BCUT2D eigenvalue weighted by atomic mass is 16.6. The molecule has 1 heterocycles. The first-order valence-corrected chi connectivity index (χ1v) is 8.79. The van der Waals surface area contributed by atoms with E-state index in [4.69, 9.17) is 4.74 Å². The summed E-state index contributed by atoms with van der Waals surface area (Å²) in [7, 11) is 0. The number of ether oxygens (including phenoxy) is 1. The van der Waals surface area contributed by atoms with Crippen LogP contribution in [0.25, 0.3) is 0 Å². The summed E-state index contributed by atoms with van der Waals surface area (Å²) in [5.74, 6) is 0.786. The third-order valence-corrected chi connectivity index (χ3v) is 6.24. The lowest BCUT2D eigenvalue weighted by Gasteiger charge is -2.31. The second-order valence-corrected chi connectivity index (χ2v) is 8.47. The Labute approximate surface area is 135 Å². The standard InChI is InChI=1S/C20H30O2/c1-13(2)18-15-9-8-14(3)7-6-10-20(5)17(22-20)12-19(15,4)11-16(18)21/h7,15,17H,6,8-12H2,1-5H3/b14-7-. The normalized spacial score (nSPS) is 44.5. The third kappa shape index (κ3) is 2.71. The molecule has 2 fully saturated rings. The second kappa shape index (κ2) is 5.33. The second-order valence-electron chi connectivity index (χ2n) is 8.47. The number of rotatable bonds is 0. The molecule has 22 heavy (non-hydrogen) atoms. The number of hydrogen-bond donors (Lipinski definition) is 0. The molecule has 1 aliphatic heterocycles. The summed E-state index contributed by atoms with van der Waals surface area (Å²) < 4.78 is 6.06. The molecular weight excluding hydrogens is 272 g/mol. The number of epoxide rings is 1. The lowest BCUT2D eigenvalue weighted by Crippen LogP contribution is -2.26. The average molecular weight is 302 g/mol. The first-order valence-electron chi connectivity index (χ1n) is 8.79. The molecule has 2 nitrogen and oxygen atoms in total. The van der Waals surface area contributed by atoms with Crippen LogP contribution in [0.1, 0.15) is 73.1 Å². The zero-order valence-corrected chi connectivity index (χ0v) is 14.8. The van der Waals surface area contributed by atoms with Crippen LogP contribution in [0.3, 0.4) is 0 Å². The SMILES string of the molecule is CC(C)=C1C(=O)CC2(C)CC3OC3(C)CC/C=C(/C)CCC12. The van der Waals surface area contributed by atoms with E-state index in [1.54, 1.807) is 0 Å². The molecule has 3 rings (SSSR count). The lowest BCUT2D eigenvalue weighted by atomic mass is 9.71. The molecule has 0 spiro atoms. The van der Waals surface area contributed by atoms with Crippen LogP contribution >= 0.6 is 0 Å². The molecule has 1 saturated heterocycles. The maximum atomic E-state index is 12.6. The number of ketones is 1. The van der Waals surface area contributed by atoms with E-state index >= 15 is 0 Å².